The van der Waals surface area contributed by atoms with Crippen molar-refractivity contribution in [1.29, 1.82) is 0 Å². The number of ether oxygens (including phenoxy) is 3. The summed E-state index contributed by atoms with van der Waals surface area (Å²) in [6.07, 6.45) is 1.68. The molecular weight excluding hydrogens is 761 g/mol. The van der Waals surface area contributed by atoms with Crippen LogP contribution in [0.1, 0.15) is 117 Å². The van der Waals surface area contributed by atoms with Crippen LogP contribution < -0.4 is 16.4 Å². The highest BCUT2D eigenvalue weighted by molar-refractivity contribution is 6.05. The fourth-order valence-electron chi connectivity index (χ4n) is 8.00. The maximum absolute atomic E-state index is 15.7. The zero-order valence-corrected chi connectivity index (χ0v) is 36.9. The van der Waals surface area contributed by atoms with Crippen LogP contribution in [-0.4, -0.2) is 77.6 Å². The van der Waals surface area contributed by atoms with E-state index in [0.717, 1.165) is 29.5 Å². The summed E-state index contributed by atoms with van der Waals surface area (Å²) in [4.78, 5) is 59.5. The number of fused-ring (bicyclic) bond motifs is 1. The number of carbonyl (C=O) groups excluding carboxylic acids is 4. The number of carbonyl (C=O) groups is 4. The van der Waals surface area contributed by atoms with E-state index < -0.39 is 47.6 Å². The van der Waals surface area contributed by atoms with Crippen LogP contribution in [0.25, 0.3) is 10.8 Å². The standard InChI is InChI=1S/C48H70N4O8/c1-8-9-25-48(40-23-17-21-37-20-13-14-22-39(37)40,52(45(55)35(7)49)47(57)59-31-36-18-11-10-12-19-36)46(56)51-41(27-32(2)3)42(53)29-38(44(54)50-30-33(4)5)28-34(6)60-43-24-15-16-26-58-43/h10-14,17-23,32-35,38,41-43,53H,8-9,15-16,24-31,49H2,1-7H3,(H,50,54)(H,51,56)/t34?,35-,38?,41-,42-,43?,48+/m0/s1. The van der Waals surface area contributed by atoms with Gasteiger partial charge in [0.15, 0.2) is 11.8 Å². The van der Waals surface area contributed by atoms with Crippen LogP contribution in [0.5, 0.6) is 0 Å². The van der Waals surface area contributed by atoms with Crippen molar-refractivity contribution in [3.63, 3.8) is 0 Å². The first-order valence-electron chi connectivity index (χ1n) is 22.0. The Kier molecular flexibility index (Phi) is 19.0. The minimum absolute atomic E-state index is 0.00380. The number of nitrogens with one attached hydrogen (secondary N) is 2. The molecule has 0 aliphatic carbocycles. The molecule has 3 aromatic carbocycles. The molecule has 1 saturated heterocycles. The maximum Gasteiger partial charge on any atom is 0.418 e. The molecule has 1 fully saturated rings. The SMILES string of the molecule is CCCC[C@](C(=O)N[C@@H](CC(C)C)[C@@H](O)CC(CC(C)OC1CCCCO1)C(=O)NCC(C)C)(c1cccc2ccccc12)N(C(=O)OCc1ccccc1)C(=O)[C@H](C)N. The predicted octanol–water partition coefficient (Wildman–Crippen LogP) is 7.73. The highest BCUT2D eigenvalue weighted by atomic mass is 16.7. The molecule has 1 heterocycles. The van der Waals surface area contributed by atoms with Crippen molar-refractivity contribution in [2.45, 2.75) is 149 Å². The van der Waals surface area contributed by atoms with Crippen LogP contribution in [-0.2, 0) is 40.7 Å². The van der Waals surface area contributed by atoms with Crippen LogP contribution >= 0.6 is 0 Å². The second kappa shape index (κ2) is 23.6. The van der Waals surface area contributed by atoms with Gasteiger partial charge < -0.3 is 35.7 Å². The van der Waals surface area contributed by atoms with Crippen LogP contribution in [0, 0.1) is 17.8 Å². The smallest absolute Gasteiger partial charge is 0.418 e. The Morgan fingerprint density at radius 1 is 0.900 bits per heavy atom. The van der Waals surface area contributed by atoms with Gasteiger partial charge in [0.25, 0.3) is 5.91 Å². The molecule has 12 nitrogen and oxygen atoms in total. The molecular formula is C48H70N4O8. The number of imide groups is 1. The van der Waals surface area contributed by atoms with E-state index in [2.05, 4.69) is 10.6 Å². The van der Waals surface area contributed by atoms with Crippen molar-refractivity contribution in [3.05, 3.63) is 83.9 Å². The lowest BCUT2D eigenvalue weighted by Crippen LogP contribution is -2.64. The summed E-state index contributed by atoms with van der Waals surface area (Å²) in [7, 11) is 0. The van der Waals surface area contributed by atoms with Crippen LogP contribution in [0.2, 0.25) is 0 Å². The Bertz CT molecular complexity index is 1810. The molecule has 5 N–H and O–H groups in total. The number of rotatable bonds is 22. The minimum Gasteiger partial charge on any atom is -0.444 e. The summed E-state index contributed by atoms with van der Waals surface area (Å²) in [5, 5.41) is 19.9. The Morgan fingerprint density at radius 3 is 2.25 bits per heavy atom. The molecule has 3 unspecified atom stereocenters. The van der Waals surface area contributed by atoms with Gasteiger partial charge in [-0.1, -0.05) is 120 Å². The molecule has 3 aromatic rings. The Labute approximate surface area is 357 Å². The molecule has 0 aromatic heterocycles. The van der Waals surface area contributed by atoms with Gasteiger partial charge in [-0.05, 0) is 92.5 Å². The van der Waals surface area contributed by atoms with Gasteiger partial charge in [0.05, 0.1) is 24.3 Å². The quantitative estimate of drug-likeness (QED) is 0.0792. The maximum atomic E-state index is 15.7. The fraction of sp³-hybridized carbons (Fsp3) is 0.583. The molecule has 1 aliphatic heterocycles. The highest BCUT2D eigenvalue weighted by Gasteiger charge is 2.53. The number of unbranched alkanes of at least 4 members (excludes halogenated alkanes) is 1. The van der Waals surface area contributed by atoms with Crippen LogP contribution in [0.15, 0.2) is 72.8 Å². The molecule has 0 spiro atoms. The van der Waals surface area contributed by atoms with E-state index in [1.54, 1.807) is 24.3 Å². The van der Waals surface area contributed by atoms with Gasteiger partial charge in [-0.25, -0.2) is 9.69 Å². The Hall–Kier alpha value is -4.36. The van der Waals surface area contributed by atoms with Crippen molar-refractivity contribution in [1.82, 2.24) is 15.5 Å². The van der Waals surface area contributed by atoms with Gasteiger partial charge in [-0.2, -0.15) is 0 Å². The third kappa shape index (κ3) is 13.3. The first kappa shape index (κ1) is 48.3. The number of nitrogens with zero attached hydrogens (tertiary/aromatic N) is 1. The second-order valence-electron chi connectivity index (χ2n) is 17.3. The van der Waals surface area contributed by atoms with Crippen molar-refractivity contribution in [2.75, 3.05) is 13.2 Å². The van der Waals surface area contributed by atoms with Crippen LogP contribution in [0.3, 0.4) is 0 Å². The lowest BCUT2D eigenvalue weighted by atomic mass is 9.78. The lowest BCUT2D eigenvalue weighted by Gasteiger charge is -2.43. The Balaban J connectivity index is 1.81. The number of amides is 4. The normalized spacial score (nSPS) is 17.9. The molecule has 7 atom stereocenters. The topological polar surface area (TPSA) is 170 Å². The minimum atomic E-state index is -1.96. The van der Waals surface area contributed by atoms with Gasteiger partial charge in [-0.15, -0.1) is 0 Å². The van der Waals surface area contributed by atoms with Gasteiger partial charge in [0.2, 0.25) is 11.8 Å². The lowest BCUT2D eigenvalue weighted by molar-refractivity contribution is -0.188. The van der Waals surface area contributed by atoms with E-state index in [0.29, 0.717) is 55.3 Å². The van der Waals surface area contributed by atoms with E-state index in [1.165, 1.54) is 6.92 Å². The summed E-state index contributed by atoms with van der Waals surface area (Å²) < 4.78 is 17.9. The first-order chi connectivity index (χ1) is 28.7. The average molecular weight is 831 g/mol. The van der Waals surface area contributed by atoms with E-state index in [-0.39, 0.29) is 49.6 Å². The Morgan fingerprint density at radius 2 is 1.60 bits per heavy atom. The molecule has 0 bridgehead atoms. The molecule has 0 saturated carbocycles. The fourth-order valence-corrected chi connectivity index (χ4v) is 8.00. The summed E-state index contributed by atoms with van der Waals surface area (Å²) in [6.45, 7) is 14.3. The first-order valence-corrected chi connectivity index (χ1v) is 22.0. The molecule has 4 amide bonds. The van der Waals surface area contributed by atoms with Crippen molar-refractivity contribution in [2.24, 2.45) is 23.5 Å². The predicted molar refractivity (Wildman–Crippen MR) is 234 cm³/mol. The molecule has 4 rings (SSSR count). The number of benzene rings is 3. The van der Waals surface area contributed by atoms with Gasteiger partial charge in [0.1, 0.15) is 6.61 Å². The van der Waals surface area contributed by atoms with Crippen LogP contribution in [0.4, 0.5) is 4.79 Å². The number of hydrogen-bond acceptors (Lipinski definition) is 9. The molecule has 12 heteroatoms. The van der Waals surface area contributed by atoms with E-state index in [9.17, 15) is 19.5 Å². The number of hydrogen-bond donors (Lipinski definition) is 4. The molecule has 60 heavy (non-hydrogen) atoms. The van der Waals surface area contributed by atoms with E-state index >= 15 is 4.79 Å². The zero-order valence-electron chi connectivity index (χ0n) is 36.9. The monoisotopic (exact) mass is 831 g/mol. The van der Waals surface area contributed by atoms with Crippen molar-refractivity contribution < 1.29 is 38.5 Å². The van der Waals surface area contributed by atoms with E-state index in [1.807, 2.05) is 90.1 Å². The number of aliphatic hydroxyl groups excluding tert-OH is 1. The summed E-state index contributed by atoms with van der Waals surface area (Å²) in [6, 6.07) is 20.0. The second-order valence-corrected chi connectivity index (χ2v) is 17.3. The highest BCUT2D eigenvalue weighted by Crippen LogP contribution is 2.40. The summed E-state index contributed by atoms with van der Waals surface area (Å²) >= 11 is 0. The van der Waals surface area contributed by atoms with Crippen molar-refractivity contribution in [3.8, 4) is 0 Å². The summed E-state index contributed by atoms with van der Waals surface area (Å²) in [5.74, 6) is -2.09. The van der Waals surface area contributed by atoms with E-state index in [4.69, 9.17) is 19.9 Å². The largest absolute Gasteiger partial charge is 0.444 e. The van der Waals surface area contributed by atoms with Gasteiger partial charge >= 0.3 is 6.09 Å². The molecule has 330 valence electrons. The van der Waals surface area contributed by atoms with Crippen molar-refractivity contribution >= 4 is 34.6 Å². The third-order valence-electron chi connectivity index (χ3n) is 11.1. The number of aliphatic hydroxyl groups is 1. The molecule has 0 radical (unpaired) electrons. The van der Waals surface area contributed by atoms with Gasteiger partial charge in [0, 0.05) is 19.1 Å². The average Bonchev–Trinajstić information content (AvgIpc) is 3.23. The summed E-state index contributed by atoms with van der Waals surface area (Å²) in [5.41, 5.74) is 5.48. The zero-order chi connectivity index (χ0) is 43.8. The molecule has 1 aliphatic rings. The number of nitrogens with two attached hydrogens (primary N) is 1. The third-order valence-corrected chi connectivity index (χ3v) is 11.1. The van der Waals surface area contributed by atoms with Gasteiger partial charge in [-0.3, -0.25) is 14.4 Å².